The number of hydrogen-bond donors (Lipinski definition) is 0. The van der Waals surface area contributed by atoms with Gasteiger partial charge in [0.1, 0.15) is 5.75 Å². The van der Waals surface area contributed by atoms with Crippen LogP contribution in [0, 0.1) is 0 Å². The Hall–Kier alpha value is -3.15. The standard InChI is InChI=1S/C32H39ClN4O/c1-5-8-9-10-24-11-20-31(29(33)23-24)37-32(30(34-35-37)21-22-36(6-2)7-3)27-14-12-25(13-15-27)26-16-18-28(38-4)19-17-26/h11-20,23H,5-10,21-22H2,1-4H3. The van der Waals surface area contributed by atoms with Gasteiger partial charge in [-0.15, -0.1) is 5.10 Å². The number of hydrogen-bond acceptors (Lipinski definition) is 4. The number of halogens is 1. The summed E-state index contributed by atoms with van der Waals surface area (Å²) in [5.74, 6) is 0.853. The summed E-state index contributed by atoms with van der Waals surface area (Å²) in [5.41, 5.74) is 7.48. The summed E-state index contributed by atoms with van der Waals surface area (Å²) < 4.78 is 7.22. The van der Waals surface area contributed by atoms with Crippen molar-refractivity contribution in [2.45, 2.75) is 52.9 Å². The van der Waals surface area contributed by atoms with E-state index in [0.29, 0.717) is 5.02 Å². The third kappa shape index (κ3) is 6.64. The Morgan fingerprint density at radius 3 is 2.08 bits per heavy atom. The van der Waals surface area contributed by atoms with Crippen LogP contribution in [0.4, 0.5) is 0 Å². The van der Waals surface area contributed by atoms with Crippen molar-refractivity contribution >= 4 is 11.6 Å². The number of nitrogens with zero attached hydrogens (tertiary/aromatic N) is 4. The van der Waals surface area contributed by atoms with E-state index in [9.17, 15) is 0 Å². The highest BCUT2D eigenvalue weighted by Gasteiger charge is 2.19. The molecule has 0 aliphatic rings. The minimum atomic E-state index is 0.704. The molecule has 0 fully saturated rings. The molecule has 0 unspecified atom stereocenters. The van der Waals surface area contributed by atoms with Crippen LogP contribution in [0.3, 0.4) is 0 Å². The molecule has 0 amide bonds. The fraction of sp³-hybridized carbons (Fsp3) is 0.375. The fourth-order valence-corrected chi connectivity index (χ4v) is 5.09. The Bertz CT molecular complexity index is 1290. The van der Waals surface area contributed by atoms with Crippen molar-refractivity contribution < 1.29 is 4.74 Å². The molecule has 0 aliphatic carbocycles. The first-order valence-electron chi connectivity index (χ1n) is 13.8. The summed E-state index contributed by atoms with van der Waals surface area (Å²) in [6.07, 6.45) is 5.48. The maximum Gasteiger partial charge on any atom is 0.118 e. The number of ether oxygens (including phenoxy) is 1. The lowest BCUT2D eigenvalue weighted by atomic mass is 10.0. The van der Waals surface area contributed by atoms with Gasteiger partial charge >= 0.3 is 0 Å². The van der Waals surface area contributed by atoms with Crippen molar-refractivity contribution in [3.8, 4) is 33.8 Å². The molecule has 6 heteroatoms. The molecule has 0 atom stereocenters. The second kappa shape index (κ2) is 13.6. The number of aryl methyl sites for hydroxylation is 1. The molecule has 0 saturated carbocycles. The maximum absolute atomic E-state index is 6.84. The molecule has 3 aromatic carbocycles. The van der Waals surface area contributed by atoms with Crippen LogP contribution in [0.25, 0.3) is 28.1 Å². The topological polar surface area (TPSA) is 43.2 Å². The van der Waals surface area contributed by atoms with Crippen molar-refractivity contribution in [2.75, 3.05) is 26.7 Å². The van der Waals surface area contributed by atoms with Crippen molar-refractivity contribution in [3.63, 3.8) is 0 Å². The third-order valence-electron chi connectivity index (χ3n) is 7.19. The molecule has 5 nitrogen and oxygen atoms in total. The lowest BCUT2D eigenvalue weighted by Crippen LogP contribution is -2.25. The number of aromatic nitrogens is 3. The van der Waals surface area contributed by atoms with Gasteiger partial charge in [0.15, 0.2) is 0 Å². The Morgan fingerprint density at radius 2 is 1.47 bits per heavy atom. The maximum atomic E-state index is 6.84. The lowest BCUT2D eigenvalue weighted by Gasteiger charge is -2.17. The first-order chi connectivity index (χ1) is 18.6. The number of unbranched alkanes of at least 4 members (excludes halogenated alkanes) is 2. The predicted octanol–water partition coefficient (Wildman–Crippen LogP) is 7.88. The van der Waals surface area contributed by atoms with Crippen molar-refractivity contribution in [3.05, 3.63) is 83.0 Å². The fourth-order valence-electron chi connectivity index (χ4n) is 4.80. The average molecular weight is 531 g/mol. The van der Waals surface area contributed by atoms with Gasteiger partial charge in [-0.05, 0) is 66.9 Å². The quantitative estimate of drug-likeness (QED) is 0.165. The van der Waals surface area contributed by atoms with Gasteiger partial charge in [0.05, 0.1) is 29.2 Å². The van der Waals surface area contributed by atoms with Crippen LogP contribution in [0.15, 0.2) is 66.7 Å². The Labute approximate surface area is 232 Å². The second-order valence-electron chi connectivity index (χ2n) is 9.62. The van der Waals surface area contributed by atoms with Gasteiger partial charge in [0, 0.05) is 18.5 Å². The number of benzene rings is 3. The Kier molecular flexibility index (Phi) is 9.97. The van der Waals surface area contributed by atoms with E-state index in [2.05, 4.69) is 90.6 Å². The number of methoxy groups -OCH3 is 1. The molecule has 200 valence electrons. The van der Waals surface area contributed by atoms with E-state index in [1.165, 1.54) is 24.8 Å². The SMILES string of the molecule is CCCCCc1ccc(-n2nnc(CCN(CC)CC)c2-c2ccc(-c3ccc(OC)cc3)cc2)c(Cl)c1. The lowest BCUT2D eigenvalue weighted by molar-refractivity contribution is 0.307. The van der Waals surface area contributed by atoms with E-state index in [4.69, 9.17) is 16.3 Å². The molecule has 0 radical (unpaired) electrons. The molecule has 0 bridgehead atoms. The van der Waals surface area contributed by atoms with Crippen LogP contribution in [0.5, 0.6) is 5.75 Å². The summed E-state index contributed by atoms with van der Waals surface area (Å²) in [6.45, 7) is 9.59. The molecular weight excluding hydrogens is 492 g/mol. The molecule has 4 aromatic rings. The van der Waals surface area contributed by atoms with E-state index >= 15 is 0 Å². The van der Waals surface area contributed by atoms with Crippen molar-refractivity contribution in [2.24, 2.45) is 0 Å². The van der Waals surface area contributed by atoms with Gasteiger partial charge < -0.3 is 9.64 Å². The highest BCUT2D eigenvalue weighted by atomic mass is 35.5. The third-order valence-corrected chi connectivity index (χ3v) is 7.49. The van der Waals surface area contributed by atoms with Crippen LogP contribution < -0.4 is 4.74 Å². The molecule has 0 spiro atoms. The Morgan fingerprint density at radius 1 is 0.816 bits per heavy atom. The minimum Gasteiger partial charge on any atom is -0.497 e. The summed E-state index contributed by atoms with van der Waals surface area (Å²) in [7, 11) is 1.69. The largest absolute Gasteiger partial charge is 0.497 e. The molecule has 0 saturated heterocycles. The van der Waals surface area contributed by atoms with Gasteiger partial charge in [0.25, 0.3) is 0 Å². The summed E-state index contributed by atoms with van der Waals surface area (Å²) in [4.78, 5) is 2.41. The summed E-state index contributed by atoms with van der Waals surface area (Å²) in [5, 5.41) is 9.96. The van der Waals surface area contributed by atoms with E-state index < -0.39 is 0 Å². The molecule has 1 heterocycles. The predicted molar refractivity (Wildman–Crippen MR) is 159 cm³/mol. The van der Waals surface area contributed by atoms with E-state index in [1.54, 1.807) is 7.11 Å². The highest BCUT2D eigenvalue weighted by molar-refractivity contribution is 6.32. The van der Waals surface area contributed by atoms with Crippen molar-refractivity contribution in [1.82, 2.24) is 19.9 Å². The zero-order valence-corrected chi connectivity index (χ0v) is 23.8. The smallest absolute Gasteiger partial charge is 0.118 e. The summed E-state index contributed by atoms with van der Waals surface area (Å²) >= 11 is 6.84. The molecular formula is C32H39ClN4O. The Balaban J connectivity index is 1.69. The minimum absolute atomic E-state index is 0.704. The number of likely N-dealkylation sites (N-methyl/N-ethyl adjacent to an activating group) is 1. The van der Waals surface area contributed by atoms with Crippen LogP contribution >= 0.6 is 11.6 Å². The van der Waals surface area contributed by atoms with Crippen LogP contribution in [0.1, 0.15) is 51.3 Å². The van der Waals surface area contributed by atoms with E-state index in [-0.39, 0.29) is 0 Å². The zero-order valence-electron chi connectivity index (χ0n) is 23.1. The summed E-state index contributed by atoms with van der Waals surface area (Å²) in [6, 6.07) is 23.1. The monoisotopic (exact) mass is 530 g/mol. The molecule has 4 rings (SSSR count). The molecule has 0 aliphatic heterocycles. The van der Waals surface area contributed by atoms with Crippen LogP contribution in [-0.2, 0) is 12.8 Å². The van der Waals surface area contributed by atoms with Gasteiger partial charge in [0.2, 0.25) is 0 Å². The van der Waals surface area contributed by atoms with Crippen molar-refractivity contribution in [1.29, 1.82) is 0 Å². The molecule has 1 aromatic heterocycles. The first kappa shape index (κ1) is 27.9. The first-order valence-corrected chi connectivity index (χ1v) is 14.2. The van der Waals surface area contributed by atoms with Crippen LogP contribution in [-0.4, -0.2) is 46.6 Å². The molecule has 0 N–H and O–H groups in total. The number of rotatable bonds is 13. The average Bonchev–Trinajstić information content (AvgIpc) is 3.37. The normalized spacial score (nSPS) is 11.3. The van der Waals surface area contributed by atoms with Crippen LogP contribution in [0.2, 0.25) is 5.02 Å². The second-order valence-corrected chi connectivity index (χ2v) is 10.0. The van der Waals surface area contributed by atoms with Gasteiger partial charge in [-0.25, -0.2) is 4.68 Å². The van der Waals surface area contributed by atoms with Gasteiger partial charge in [-0.3, -0.25) is 0 Å². The highest BCUT2D eigenvalue weighted by Crippen LogP contribution is 2.32. The zero-order chi connectivity index (χ0) is 26.9. The van der Waals surface area contributed by atoms with Gasteiger partial charge in [-0.1, -0.05) is 92.9 Å². The molecule has 38 heavy (non-hydrogen) atoms. The van der Waals surface area contributed by atoms with E-state index in [1.807, 2.05) is 16.8 Å². The van der Waals surface area contributed by atoms with Gasteiger partial charge in [-0.2, -0.15) is 0 Å². The van der Waals surface area contributed by atoms with E-state index in [0.717, 1.165) is 72.0 Å².